The minimum atomic E-state index is -2.62. The van der Waals surface area contributed by atoms with Crippen molar-refractivity contribution in [3.8, 4) is 44.5 Å². The van der Waals surface area contributed by atoms with Crippen LogP contribution in [0.25, 0.3) is 44.5 Å². The normalized spacial score (nSPS) is 16.3. The van der Waals surface area contributed by atoms with E-state index in [0.29, 0.717) is 0 Å². The molecule has 1 atom stereocenters. The van der Waals surface area contributed by atoms with Crippen molar-refractivity contribution < 1.29 is 0 Å². The van der Waals surface area contributed by atoms with Crippen LogP contribution in [0.15, 0.2) is 243 Å². The lowest BCUT2D eigenvalue weighted by Gasteiger charge is -2.32. The molecule has 0 fully saturated rings. The van der Waals surface area contributed by atoms with Gasteiger partial charge < -0.3 is 4.90 Å². The zero-order chi connectivity index (χ0) is 44.9. The van der Waals surface area contributed by atoms with Crippen LogP contribution in [0.2, 0.25) is 13.1 Å². The van der Waals surface area contributed by atoms with Crippen LogP contribution in [0.3, 0.4) is 0 Å². The first-order chi connectivity index (χ1) is 32.9. The molecule has 0 spiro atoms. The van der Waals surface area contributed by atoms with E-state index < -0.39 is 16.1 Å². The summed E-state index contributed by atoms with van der Waals surface area (Å²) in [6, 6.07) is 92.1. The molecule has 3 aliphatic rings. The van der Waals surface area contributed by atoms with Crippen molar-refractivity contribution >= 4 is 64.3 Å². The summed E-state index contributed by atoms with van der Waals surface area (Å²) >= 11 is 0. The maximum absolute atomic E-state index is 2.62. The fraction of sp³-hybridized carbons (Fsp3) is 0.0625. The second-order valence-corrected chi connectivity index (χ2v) is 27.4. The van der Waals surface area contributed by atoms with Crippen LogP contribution < -0.4 is 36.0 Å². The molecular formula is C64H49NSi2. The van der Waals surface area contributed by atoms with Crippen LogP contribution in [0.5, 0.6) is 0 Å². The molecule has 0 aromatic heterocycles. The van der Waals surface area contributed by atoms with E-state index in [-0.39, 0.29) is 5.41 Å². The van der Waals surface area contributed by atoms with E-state index in [1.165, 1.54) is 98.0 Å². The number of hydrogen-bond donors (Lipinski definition) is 0. The molecule has 67 heavy (non-hydrogen) atoms. The van der Waals surface area contributed by atoms with Crippen LogP contribution in [-0.4, -0.2) is 16.1 Å². The maximum atomic E-state index is 2.52. The van der Waals surface area contributed by atoms with Crippen LogP contribution in [-0.2, 0) is 5.41 Å². The van der Waals surface area contributed by atoms with Gasteiger partial charge in [-0.25, -0.2) is 0 Å². The predicted octanol–water partition coefficient (Wildman–Crippen LogP) is 12.3. The van der Waals surface area contributed by atoms with Crippen molar-refractivity contribution in [1.29, 1.82) is 0 Å². The summed E-state index contributed by atoms with van der Waals surface area (Å²) in [5.74, 6) is 0. The van der Waals surface area contributed by atoms with E-state index >= 15 is 0 Å². The molecule has 1 aliphatic carbocycles. The van der Waals surface area contributed by atoms with Gasteiger partial charge >= 0.3 is 0 Å². The van der Waals surface area contributed by atoms with Gasteiger partial charge in [0, 0.05) is 22.5 Å². The van der Waals surface area contributed by atoms with Crippen molar-refractivity contribution in [3.63, 3.8) is 0 Å². The molecule has 0 N–H and O–H groups in total. The van der Waals surface area contributed by atoms with Gasteiger partial charge in [-0.2, -0.15) is 0 Å². The summed E-state index contributed by atoms with van der Waals surface area (Å²) in [6.45, 7) is 7.44. The van der Waals surface area contributed by atoms with Crippen LogP contribution in [0.4, 0.5) is 17.1 Å². The van der Waals surface area contributed by atoms with E-state index in [0.717, 1.165) is 11.4 Å². The van der Waals surface area contributed by atoms with E-state index in [4.69, 9.17) is 0 Å². The molecule has 0 amide bonds. The number of anilines is 3. The third-order valence-electron chi connectivity index (χ3n) is 15.6. The van der Waals surface area contributed by atoms with Crippen molar-refractivity contribution in [3.05, 3.63) is 259 Å². The first kappa shape index (κ1) is 39.8. The highest BCUT2D eigenvalue weighted by atomic mass is 28.3. The SMILES string of the molecule is CC1(c2ccccc2)c2ccccc2-c2ccc(N(c3ccc(-c4cccc([Si]5(c6ccccc6)c6ccccc6-c6ccccc65)c4)cc3)c3ccc4c(c3)[Si](C)(C)c3ccccc3-4)cc21. The minimum absolute atomic E-state index is 0.307. The average molecular weight is 888 g/mol. The molecule has 1 nitrogen and oxygen atoms in total. The fourth-order valence-corrected chi connectivity index (χ4v) is 20.7. The monoisotopic (exact) mass is 887 g/mol. The topological polar surface area (TPSA) is 3.24 Å². The highest BCUT2D eigenvalue weighted by molar-refractivity contribution is 7.22. The lowest BCUT2D eigenvalue weighted by atomic mass is 9.74. The van der Waals surface area contributed by atoms with Crippen molar-refractivity contribution in [1.82, 2.24) is 0 Å². The van der Waals surface area contributed by atoms with Crippen molar-refractivity contribution in [2.24, 2.45) is 0 Å². The zero-order valence-corrected chi connectivity index (χ0v) is 40.0. The van der Waals surface area contributed by atoms with E-state index in [9.17, 15) is 0 Å². The number of benzene rings is 10. The number of rotatable bonds is 7. The second kappa shape index (κ2) is 15.0. The van der Waals surface area contributed by atoms with E-state index in [1.807, 2.05) is 0 Å². The summed E-state index contributed by atoms with van der Waals surface area (Å²) < 4.78 is 0. The van der Waals surface area contributed by atoms with Gasteiger partial charge in [-0.05, 0) is 136 Å². The molecule has 10 aromatic rings. The lowest BCUT2D eigenvalue weighted by molar-refractivity contribution is 0.714. The Morgan fingerprint density at radius 2 is 0.821 bits per heavy atom. The predicted molar refractivity (Wildman–Crippen MR) is 289 cm³/mol. The molecule has 1 unspecified atom stereocenters. The Morgan fingerprint density at radius 3 is 1.51 bits per heavy atom. The Balaban J connectivity index is 0.963. The quantitative estimate of drug-likeness (QED) is 0.144. The van der Waals surface area contributed by atoms with Gasteiger partial charge in [-0.3, -0.25) is 0 Å². The summed E-state index contributed by atoms with van der Waals surface area (Å²) in [7, 11) is -4.58. The van der Waals surface area contributed by atoms with Crippen molar-refractivity contribution in [2.45, 2.75) is 25.4 Å². The smallest absolute Gasteiger partial charge is 0.180 e. The third kappa shape index (κ3) is 5.72. The Hall–Kier alpha value is -7.57. The van der Waals surface area contributed by atoms with Gasteiger partial charge in [0.05, 0.1) is 0 Å². The van der Waals surface area contributed by atoms with E-state index in [2.05, 4.69) is 268 Å². The molecule has 0 radical (unpaired) electrons. The maximum Gasteiger partial charge on any atom is 0.180 e. The fourth-order valence-electron chi connectivity index (χ4n) is 12.4. The highest BCUT2D eigenvalue weighted by Gasteiger charge is 2.48. The van der Waals surface area contributed by atoms with Gasteiger partial charge in [-0.15, -0.1) is 0 Å². The highest BCUT2D eigenvalue weighted by Crippen LogP contribution is 2.54. The molecule has 13 rings (SSSR count). The average Bonchev–Trinajstić information content (AvgIpc) is 3.93. The molecule has 3 heteroatoms. The van der Waals surface area contributed by atoms with Gasteiger partial charge in [0.1, 0.15) is 8.07 Å². The summed E-state index contributed by atoms with van der Waals surface area (Å²) in [5, 5.41) is 8.78. The Bertz CT molecular complexity index is 3530. The standard InChI is InChI=1S/C64H49NSi2/c1-64(46-20-6-4-7-21-46)58-29-14-10-25-52(58)53-39-37-48(42-59(53)64)65(49-38-40-57-54-26-11-15-30-60(54)66(2,3)63(57)43-49)47-35-33-44(34-36-47)45-19-18-24-51(41-45)67(50-22-8-5-9-23-50)61-31-16-12-27-55(61)56-28-13-17-32-62(56)67/h4-43H,1-3H3. The van der Waals surface area contributed by atoms with Crippen LogP contribution in [0, 0.1) is 0 Å². The minimum Gasteiger partial charge on any atom is -0.310 e. The molecule has 0 bridgehead atoms. The van der Waals surface area contributed by atoms with Crippen molar-refractivity contribution in [2.75, 3.05) is 4.90 Å². The largest absolute Gasteiger partial charge is 0.310 e. The molecule has 2 heterocycles. The number of fused-ring (bicyclic) bond motifs is 9. The van der Waals surface area contributed by atoms with Gasteiger partial charge in [0.25, 0.3) is 0 Å². The zero-order valence-electron chi connectivity index (χ0n) is 38.0. The Labute approximate surface area is 396 Å². The van der Waals surface area contributed by atoms with Gasteiger partial charge in [-0.1, -0.05) is 219 Å². The Morgan fingerprint density at radius 1 is 0.328 bits per heavy atom. The third-order valence-corrected chi connectivity index (χ3v) is 24.1. The number of nitrogens with zero attached hydrogens (tertiary/aromatic N) is 1. The van der Waals surface area contributed by atoms with Crippen LogP contribution >= 0.6 is 0 Å². The van der Waals surface area contributed by atoms with Crippen LogP contribution in [0.1, 0.15) is 23.6 Å². The van der Waals surface area contributed by atoms with Gasteiger partial charge in [0.2, 0.25) is 0 Å². The summed E-state index contributed by atoms with van der Waals surface area (Å²) in [5.41, 5.74) is 17.8. The summed E-state index contributed by atoms with van der Waals surface area (Å²) in [4.78, 5) is 2.51. The van der Waals surface area contributed by atoms with E-state index in [1.54, 1.807) is 0 Å². The molecule has 2 aliphatic heterocycles. The second-order valence-electron chi connectivity index (χ2n) is 19.3. The first-order valence-corrected chi connectivity index (χ1v) is 28.7. The lowest BCUT2D eigenvalue weighted by Crippen LogP contribution is -2.72. The summed E-state index contributed by atoms with van der Waals surface area (Å²) in [6.07, 6.45) is 0. The molecule has 0 saturated heterocycles. The molecule has 318 valence electrons. The molecular weight excluding hydrogens is 839 g/mol. The Kier molecular flexibility index (Phi) is 8.89. The molecule has 0 saturated carbocycles. The van der Waals surface area contributed by atoms with Gasteiger partial charge in [0.15, 0.2) is 8.07 Å². The molecule has 10 aromatic carbocycles. The number of hydrogen-bond acceptors (Lipinski definition) is 1. The first-order valence-electron chi connectivity index (χ1n) is 23.7.